The summed E-state index contributed by atoms with van der Waals surface area (Å²) in [4.78, 5) is 39.6. The van der Waals surface area contributed by atoms with E-state index in [2.05, 4.69) is 0 Å². The summed E-state index contributed by atoms with van der Waals surface area (Å²) < 4.78 is 0. The van der Waals surface area contributed by atoms with Gasteiger partial charge in [0.1, 0.15) is 6.04 Å². The third kappa shape index (κ3) is 5.84. The first-order valence-electron chi connectivity index (χ1n) is 10.0. The Bertz CT molecular complexity index is 719. The van der Waals surface area contributed by atoms with Crippen LogP contribution in [-0.2, 0) is 20.8 Å². The van der Waals surface area contributed by atoms with Gasteiger partial charge in [0.15, 0.2) is 0 Å². The standard InChI is InChI=1S/C22H30ClNO3S/c1-4-22(2,3)19(25)20(26)24-14-8-7-13-18(24)21(27)28-15-9-11-16-10-5-6-12-17(16)23/h5-6,10,12,18H,4,7-9,11,13-15H2,1-3H3. The van der Waals surface area contributed by atoms with E-state index in [-0.39, 0.29) is 5.12 Å². The van der Waals surface area contributed by atoms with Crippen LogP contribution in [0.2, 0.25) is 5.02 Å². The van der Waals surface area contributed by atoms with Crippen molar-refractivity contribution in [2.45, 2.75) is 65.3 Å². The van der Waals surface area contributed by atoms with Gasteiger partial charge in [-0.3, -0.25) is 14.4 Å². The molecule has 28 heavy (non-hydrogen) atoms. The summed E-state index contributed by atoms with van der Waals surface area (Å²) in [6.07, 6.45) is 4.64. The van der Waals surface area contributed by atoms with Crippen LogP contribution < -0.4 is 0 Å². The van der Waals surface area contributed by atoms with Crippen molar-refractivity contribution in [2.24, 2.45) is 5.41 Å². The van der Waals surface area contributed by atoms with E-state index in [1.54, 1.807) is 13.8 Å². The Morgan fingerprint density at radius 2 is 1.93 bits per heavy atom. The maximum absolute atomic E-state index is 12.8. The van der Waals surface area contributed by atoms with Gasteiger partial charge in [-0.2, -0.15) is 0 Å². The van der Waals surface area contributed by atoms with Gasteiger partial charge in [-0.05, 0) is 50.2 Å². The highest BCUT2D eigenvalue weighted by molar-refractivity contribution is 8.13. The molecule has 1 aromatic carbocycles. The molecule has 2 rings (SSSR count). The monoisotopic (exact) mass is 423 g/mol. The fourth-order valence-electron chi connectivity index (χ4n) is 3.23. The number of likely N-dealkylation sites (tertiary alicyclic amines) is 1. The van der Waals surface area contributed by atoms with Crippen molar-refractivity contribution in [1.29, 1.82) is 0 Å². The van der Waals surface area contributed by atoms with E-state index in [0.29, 0.717) is 25.1 Å². The van der Waals surface area contributed by atoms with Gasteiger partial charge >= 0.3 is 0 Å². The minimum Gasteiger partial charge on any atom is -0.325 e. The minimum absolute atomic E-state index is 0.00527. The smallest absolute Gasteiger partial charge is 0.291 e. The van der Waals surface area contributed by atoms with Gasteiger partial charge in [0.25, 0.3) is 5.91 Å². The predicted octanol–water partition coefficient (Wildman–Crippen LogP) is 4.92. The predicted molar refractivity (Wildman–Crippen MR) is 116 cm³/mol. The summed E-state index contributed by atoms with van der Waals surface area (Å²) in [7, 11) is 0. The number of carbonyl (C=O) groups excluding carboxylic acids is 3. The summed E-state index contributed by atoms with van der Waals surface area (Å²) in [5.74, 6) is -0.211. The van der Waals surface area contributed by atoms with Crippen LogP contribution in [0.25, 0.3) is 0 Å². The zero-order valence-electron chi connectivity index (χ0n) is 17.0. The van der Waals surface area contributed by atoms with Gasteiger partial charge in [0.2, 0.25) is 10.9 Å². The second kappa shape index (κ2) is 10.4. The van der Waals surface area contributed by atoms with Crippen LogP contribution in [0.3, 0.4) is 0 Å². The number of benzene rings is 1. The molecule has 1 heterocycles. The lowest BCUT2D eigenvalue weighted by Gasteiger charge is -2.35. The third-order valence-corrected chi connectivity index (χ3v) is 6.94. The molecule has 1 atom stereocenters. The molecule has 0 aromatic heterocycles. The summed E-state index contributed by atoms with van der Waals surface area (Å²) in [6, 6.07) is 7.25. The molecule has 1 saturated heterocycles. The Morgan fingerprint density at radius 3 is 2.61 bits per heavy atom. The number of thioether (sulfide) groups is 1. The van der Waals surface area contributed by atoms with E-state index in [9.17, 15) is 14.4 Å². The van der Waals surface area contributed by atoms with Gasteiger partial charge in [0.05, 0.1) is 0 Å². The Morgan fingerprint density at radius 1 is 1.21 bits per heavy atom. The molecule has 0 aliphatic carbocycles. The van der Waals surface area contributed by atoms with E-state index in [1.807, 2.05) is 31.2 Å². The van der Waals surface area contributed by atoms with E-state index in [4.69, 9.17) is 11.6 Å². The molecule has 154 valence electrons. The zero-order chi connectivity index (χ0) is 20.7. The van der Waals surface area contributed by atoms with Crippen molar-refractivity contribution in [2.75, 3.05) is 12.3 Å². The molecule has 0 spiro atoms. The number of halogens is 1. The van der Waals surface area contributed by atoms with Crippen LogP contribution in [0.4, 0.5) is 0 Å². The molecule has 1 fully saturated rings. The number of rotatable bonds is 8. The van der Waals surface area contributed by atoms with Crippen LogP contribution in [0, 0.1) is 5.41 Å². The summed E-state index contributed by atoms with van der Waals surface area (Å²) in [6.45, 7) is 5.97. The van der Waals surface area contributed by atoms with Crippen molar-refractivity contribution in [1.82, 2.24) is 4.90 Å². The number of ketones is 1. The fraction of sp³-hybridized carbons (Fsp3) is 0.591. The second-order valence-corrected chi connectivity index (χ2v) is 9.45. The molecule has 0 radical (unpaired) electrons. The van der Waals surface area contributed by atoms with Crippen LogP contribution in [0.5, 0.6) is 0 Å². The van der Waals surface area contributed by atoms with E-state index < -0.39 is 23.1 Å². The van der Waals surface area contributed by atoms with E-state index in [1.165, 1.54) is 16.7 Å². The quantitative estimate of drug-likeness (QED) is 0.440. The average molecular weight is 424 g/mol. The molecule has 1 amide bonds. The second-order valence-electron chi connectivity index (χ2n) is 7.94. The maximum atomic E-state index is 12.8. The first-order chi connectivity index (χ1) is 13.3. The van der Waals surface area contributed by atoms with Crippen LogP contribution in [-0.4, -0.2) is 40.0 Å². The lowest BCUT2D eigenvalue weighted by atomic mass is 9.84. The van der Waals surface area contributed by atoms with Gasteiger partial charge in [0, 0.05) is 22.7 Å². The highest BCUT2D eigenvalue weighted by Gasteiger charge is 2.39. The minimum atomic E-state index is -0.690. The van der Waals surface area contributed by atoms with Gasteiger partial charge in [-0.25, -0.2) is 0 Å². The molecule has 0 N–H and O–H groups in total. The zero-order valence-corrected chi connectivity index (χ0v) is 18.6. The largest absolute Gasteiger partial charge is 0.325 e. The number of aryl methyl sites for hydroxylation is 1. The molecule has 4 nitrogen and oxygen atoms in total. The van der Waals surface area contributed by atoms with Crippen LogP contribution >= 0.6 is 23.4 Å². The number of hydrogen-bond donors (Lipinski definition) is 0. The Hall–Kier alpha value is -1.33. The number of amides is 1. The number of nitrogens with zero attached hydrogens (tertiary/aromatic N) is 1. The number of piperidine rings is 1. The van der Waals surface area contributed by atoms with Crippen LogP contribution in [0.1, 0.15) is 58.4 Å². The molecular formula is C22H30ClNO3S. The van der Waals surface area contributed by atoms with Gasteiger partial charge in [-0.15, -0.1) is 0 Å². The highest BCUT2D eigenvalue weighted by Crippen LogP contribution is 2.27. The molecule has 0 bridgehead atoms. The lowest BCUT2D eigenvalue weighted by Crippen LogP contribution is -2.52. The first kappa shape index (κ1) is 23.0. The molecule has 6 heteroatoms. The maximum Gasteiger partial charge on any atom is 0.291 e. The van der Waals surface area contributed by atoms with Gasteiger partial charge in [-0.1, -0.05) is 62.3 Å². The molecule has 1 aliphatic rings. The van der Waals surface area contributed by atoms with Crippen molar-refractivity contribution < 1.29 is 14.4 Å². The van der Waals surface area contributed by atoms with Crippen molar-refractivity contribution in [3.8, 4) is 0 Å². The Kier molecular flexibility index (Phi) is 8.56. The number of hydrogen-bond acceptors (Lipinski definition) is 4. The number of Topliss-reactive ketones (excluding diaryl/α,β-unsaturated/α-hetero) is 1. The van der Waals surface area contributed by atoms with E-state index in [0.717, 1.165) is 36.3 Å². The van der Waals surface area contributed by atoms with Gasteiger partial charge < -0.3 is 4.90 Å². The van der Waals surface area contributed by atoms with Crippen molar-refractivity contribution in [3.63, 3.8) is 0 Å². The number of carbonyl (C=O) groups is 3. The summed E-state index contributed by atoms with van der Waals surface area (Å²) in [5.41, 5.74) is 0.392. The van der Waals surface area contributed by atoms with Crippen molar-refractivity contribution in [3.05, 3.63) is 34.9 Å². The molecular weight excluding hydrogens is 394 g/mol. The summed E-state index contributed by atoms with van der Waals surface area (Å²) >= 11 is 7.44. The topological polar surface area (TPSA) is 54.5 Å². The molecule has 1 aromatic rings. The van der Waals surface area contributed by atoms with Crippen molar-refractivity contribution >= 4 is 40.2 Å². The SMILES string of the molecule is CCC(C)(C)C(=O)C(=O)N1CCCCC1C(=O)SCCCc1ccccc1Cl. The lowest BCUT2D eigenvalue weighted by molar-refractivity contribution is -0.152. The molecule has 1 aliphatic heterocycles. The fourth-order valence-corrected chi connectivity index (χ4v) is 4.39. The Balaban J connectivity index is 1.91. The molecule has 1 unspecified atom stereocenters. The average Bonchev–Trinajstić information content (AvgIpc) is 2.71. The first-order valence-corrected chi connectivity index (χ1v) is 11.4. The van der Waals surface area contributed by atoms with Crippen LogP contribution in [0.15, 0.2) is 24.3 Å². The normalized spacial score (nSPS) is 17.4. The molecule has 0 saturated carbocycles. The van der Waals surface area contributed by atoms with E-state index >= 15 is 0 Å². The third-order valence-electron chi connectivity index (χ3n) is 5.52. The summed E-state index contributed by atoms with van der Waals surface area (Å²) in [5, 5.41) is 0.745. The highest BCUT2D eigenvalue weighted by atomic mass is 35.5. The Labute approximate surface area is 177 Å².